The van der Waals surface area contributed by atoms with Crippen LogP contribution in [0.1, 0.15) is 17.8 Å². The molecule has 0 saturated carbocycles. The number of aliphatic hydroxyl groups excluding tert-OH is 2. The van der Waals surface area contributed by atoms with Gasteiger partial charge in [0.1, 0.15) is 23.9 Å². The molecular weight excluding hydrogens is 314 g/mol. The van der Waals surface area contributed by atoms with Crippen molar-refractivity contribution in [2.24, 2.45) is 4.99 Å². The van der Waals surface area contributed by atoms with Crippen LogP contribution in [-0.4, -0.2) is 42.8 Å². The Morgan fingerprint density at radius 3 is 2.33 bits per heavy atom. The van der Waals surface area contributed by atoms with Crippen LogP contribution in [0, 0.1) is 0 Å². The van der Waals surface area contributed by atoms with E-state index < -0.39 is 0 Å². The van der Waals surface area contributed by atoms with Gasteiger partial charge in [-0.3, -0.25) is 4.99 Å². The fraction of sp³-hybridized carbons (Fsp3) is 0.200. The second kappa shape index (κ2) is 7.49. The predicted molar refractivity (Wildman–Crippen MR) is 82.8 cm³/mol. The lowest BCUT2D eigenvalue weighted by Gasteiger charge is -1.94. The lowest BCUT2D eigenvalue weighted by molar-refractivity contribution is 0.277. The minimum absolute atomic E-state index is 0.0507. The molecule has 4 heterocycles. The number of rotatable bonds is 4. The summed E-state index contributed by atoms with van der Waals surface area (Å²) in [7, 11) is 0. The predicted octanol–water partition coefficient (Wildman–Crippen LogP) is 1.30. The number of imidazole rings is 1. The number of nitrogens with one attached hydrogen (secondary N) is 1. The molecule has 24 heavy (non-hydrogen) atoms. The first-order chi connectivity index (χ1) is 11.8. The molecule has 0 saturated heterocycles. The smallest absolute Gasteiger partial charge is 0.159 e. The molecule has 3 N–H and O–H groups in total. The van der Waals surface area contributed by atoms with E-state index >= 15 is 0 Å². The molecule has 0 aromatic carbocycles. The topological polar surface area (TPSA) is 134 Å². The number of nitrogens with zero attached hydrogens (tertiary/aromatic N) is 4. The molecule has 0 amide bonds. The van der Waals surface area contributed by atoms with Crippen molar-refractivity contribution < 1.29 is 19.3 Å². The maximum absolute atomic E-state index is 8.80. The van der Waals surface area contributed by atoms with Crippen LogP contribution < -0.4 is 0 Å². The average molecular weight is 329 g/mol. The minimum Gasteiger partial charge on any atom is -0.392 e. The molecule has 0 bridgehead atoms. The van der Waals surface area contributed by atoms with Crippen LogP contribution in [0.15, 0.2) is 56.7 Å². The van der Waals surface area contributed by atoms with Gasteiger partial charge in [0.05, 0.1) is 30.8 Å². The van der Waals surface area contributed by atoms with Crippen molar-refractivity contribution in [1.82, 2.24) is 20.3 Å². The highest BCUT2D eigenvalue weighted by molar-refractivity contribution is 6.02. The second-order valence-electron chi connectivity index (χ2n) is 4.88. The van der Waals surface area contributed by atoms with Crippen molar-refractivity contribution in [1.29, 1.82) is 0 Å². The molecule has 3 aromatic rings. The number of H-pyrrole nitrogens is 1. The van der Waals surface area contributed by atoms with E-state index in [9.17, 15) is 0 Å². The highest BCUT2D eigenvalue weighted by Gasteiger charge is 2.13. The van der Waals surface area contributed by atoms with Crippen molar-refractivity contribution in [2.45, 2.75) is 13.0 Å². The van der Waals surface area contributed by atoms with Crippen molar-refractivity contribution in [3.05, 3.63) is 54.0 Å². The summed E-state index contributed by atoms with van der Waals surface area (Å²) in [6.45, 7) is 0.00963. The Balaban J connectivity index is 0.000000141. The third-order valence-corrected chi connectivity index (χ3v) is 3.21. The van der Waals surface area contributed by atoms with Crippen molar-refractivity contribution in [3.8, 4) is 11.5 Å². The van der Waals surface area contributed by atoms with E-state index in [0.29, 0.717) is 23.6 Å². The average Bonchev–Trinajstić information content (AvgIpc) is 3.43. The highest BCUT2D eigenvalue weighted by atomic mass is 16.5. The lowest BCUT2D eigenvalue weighted by Crippen LogP contribution is -1.99. The second-order valence-corrected chi connectivity index (χ2v) is 4.88. The van der Waals surface area contributed by atoms with Gasteiger partial charge in [-0.15, -0.1) is 0 Å². The largest absolute Gasteiger partial charge is 0.392 e. The molecule has 0 atom stereocenters. The van der Waals surface area contributed by atoms with Crippen molar-refractivity contribution in [3.63, 3.8) is 0 Å². The quantitative estimate of drug-likeness (QED) is 0.657. The first-order valence-electron chi connectivity index (χ1n) is 7.12. The van der Waals surface area contributed by atoms with E-state index in [1.807, 2.05) is 0 Å². The standard InChI is InChI=1S/C8H8N2O2.C7H7N3O2/c11-5-6-3-8(9-4-6)7-1-2-12-10-7;11-4-5-3-8-7(9-5)6-1-2-12-10-6/h1-2,4,11H,3,5H2;1-3,11H,4H2,(H,8,9). The van der Waals surface area contributed by atoms with E-state index in [-0.39, 0.29) is 13.2 Å². The molecule has 4 rings (SSSR count). The van der Waals surface area contributed by atoms with E-state index in [4.69, 9.17) is 10.2 Å². The van der Waals surface area contributed by atoms with Crippen molar-refractivity contribution in [2.75, 3.05) is 6.61 Å². The normalized spacial score (nSPS) is 13.2. The summed E-state index contributed by atoms with van der Waals surface area (Å²) in [5, 5.41) is 25.0. The molecule has 124 valence electrons. The van der Waals surface area contributed by atoms with E-state index in [2.05, 4.69) is 34.3 Å². The third-order valence-electron chi connectivity index (χ3n) is 3.21. The maximum Gasteiger partial charge on any atom is 0.159 e. The molecule has 9 heteroatoms. The number of hydrogen-bond donors (Lipinski definition) is 3. The van der Waals surface area contributed by atoms with Gasteiger partial charge in [-0.1, -0.05) is 10.3 Å². The van der Waals surface area contributed by atoms with Gasteiger partial charge in [0.25, 0.3) is 0 Å². The number of aromatic amines is 1. The first-order valence-corrected chi connectivity index (χ1v) is 7.12. The minimum atomic E-state index is -0.0507. The Hall–Kier alpha value is -3.04. The summed E-state index contributed by atoms with van der Waals surface area (Å²) in [6, 6.07) is 3.45. The molecule has 0 unspecified atom stereocenters. The van der Waals surface area contributed by atoms with Crippen molar-refractivity contribution >= 4 is 5.71 Å². The van der Waals surface area contributed by atoms with Crippen LogP contribution in [0.4, 0.5) is 0 Å². The van der Waals surface area contributed by atoms with Crippen LogP contribution in [0.3, 0.4) is 0 Å². The Morgan fingerprint density at radius 1 is 1.04 bits per heavy atom. The summed E-state index contributed by atoms with van der Waals surface area (Å²) < 4.78 is 9.32. The molecule has 0 fully saturated rings. The Morgan fingerprint density at radius 2 is 1.79 bits per heavy atom. The Labute approximate surface area is 136 Å². The fourth-order valence-corrected chi connectivity index (χ4v) is 1.99. The molecule has 0 spiro atoms. The van der Waals surface area contributed by atoms with Crippen LogP contribution in [0.2, 0.25) is 0 Å². The molecule has 0 aliphatic carbocycles. The van der Waals surface area contributed by atoms with Gasteiger partial charge >= 0.3 is 0 Å². The van der Waals surface area contributed by atoms with Crippen LogP contribution in [-0.2, 0) is 6.61 Å². The van der Waals surface area contributed by atoms with E-state index in [1.165, 1.54) is 12.5 Å². The molecule has 1 aliphatic heterocycles. The Bertz CT molecular complexity index is 818. The van der Waals surface area contributed by atoms with Crippen LogP contribution in [0.25, 0.3) is 11.5 Å². The monoisotopic (exact) mass is 329 g/mol. The summed E-state index contributed by atoms with van der Waals surface area (Å²) in [5.41, 5.74) is 3.80. The number of aliphatic hydroxyl groups is 2. The SMILES string of the molecule is OCC1=CN=C(c2ccon2)C1.OCc1cnc(-c2ccon2)[nH]1. The van der Waals surface area contributed by atoms with Gasteiger partial charge in [-0.05, 0) is 5.57 Å². The van der Waals surface area contributed by atoms with Gasteiger partial charge in [0.15, 0.2) is 5.82 Å². The third kappa shape index (κ3) is 3.65. The first kappa shape index (κ1) is 15.8. The molecular formula is C15H15N5O4. The van der Waals surface area contributed by atoms with Gasteiger partial charge < -0.3 is 24.2 Å². The summed E-state index contributed by atoms with van der Waals surface area (Å²) in [6.07, 6.45) is 6.88. The van der Waals surface area contributed by atoms with Gasteiger partial charge in [-0.25, -0.2) is 4.98 Å². The zero-order chi connectivity index (χ0) is 16.8. The molecule has 1 aliphatic rings. The zero-order valence-electron chi connectivity index (χ0n) is 12.6. The molecule has 0 radical (unpaired) electrons. The number of hydrogen-bond acceptors (Lipinski definition) is 8. The maximum atomic E-state index is 8.80. The molecule has 3 aromatic heterocycles. The van der Waals surface area contributed by atoms with Gasteiger partial charge in [-0.2, -0.15) is 0 Å². The number of aliphatic imine (C=N–C) groups is 1. The summed E-state index contributed by atoms with van der Waals surface area (Å²) in [4.78, 5) is 11.0. The fourth-order valence-electron chi connectivity index (χ4n) is 1.99. The number of aromatic nitrogens is 4. The van der Waals surface area contributed by atoms with E-state index in [1.54, 1.807) is 24.5 Å². The zero-order valence-corrected chi connectivity index (χ0v) is 12.6. The van der Waals surface area contributed by atoms with Gasteiger partial charge in [0.2, 0.25) is 0 Å². The Kier molecular flexibility index (Phi) is 4.94. The highest BCUT2D eigenvalue weighted by Crippen LogP contribution is 2.15. The van der Waals surface area contributed by atoms with Crippen LogP contribution in [0.5, 0.6) is 0 Å². The molecule has 9 nitrogen and oxygen atoms in total. The summed E-state index contributed by atoms with van der Waals surface area (Å²) in [5.74, 6) is 0.604. The van der Waals surface area contributed by atoms with Gasteiger partial charge in [0, 0.05) is 24.8 Å². The summed E-state index contributed by atoms with van der Waals surface area (Å²) >= 11 is 0. The van der Waals surface area contributed by atoms with Crippen LogP contribution >= 0.6 is 0 Å². The van der Waals surface area contributed by atoms with E-state index in [0.717, 1.165) is 17.0 Å². The lowest BCUT2D eigenvalue weighted by atomic mass is 10.1.